The highest BCUT2D eigenvalue weighted by molar-refractivity contribution is 5.95. The van der Waals surface area contributed by atoms with Crippen molar-refractivity contribution in [3.05, 3.63) is 35.9 Å². The molecule has 6 nitrogen and oxygen atoms in total. The molecule has 0 unspecified atom stereocenters. The van der Waals surface area contributed by atoms with Crippen LogP contribution >= 0.6 is 0 Å². The molecule has 0 saturated carbocycles. The Hall–Kier alpha value is -2.37. The molecule has 1 fully saturated rings. The van der Waals surface area contributed by atoms with E-state index in [1.807, 2.05) is 30.3 Å². The topological polar surface area (TPSA) is 81.7 Å². The smallest absolute Gasteiger partial charge is 0.408 e. The van der Waals surface area contributed by atoms with E-state index in [0.717, 1.165) is 5.56 Å². The Morgan fingerprint density at radius 2 is 2.05 bits per heavy atom. The van der Waals surface area contributed by atoms with Crippen molar-refractivity contribution < 1.29 is 23.9 Å². The Bertz CT molecular complexity index is 528. The molecule has 0 spiro atoms. The second-order valence-corrected chi connectivity index (χ2v) is 4.78. The van der Waals surface area contributed by atoms with Crippen LogP contribution in [0.2, 0.25) is 0 Å². The van der Waals surface area contributed by atoms with Gasteiger partial charge in [0.1, 0.15) is 12.1 Å². The fourth-order valence-electron chi connectivity index (χ4n) is 1.82. The number of esters is 2. The molecule has 0 radical (unpaired) electrons. The first-order valence-corrected chi connectivity index (χ1v) is 6.23. The van der Waals surface area contributed by atoms with Gasteiger partial charge in [0.05, 0.1) is 0 Å². The molecular weight excluding hydrogens is 262 g/mol. The lowest BCUT2D eigenvalue weighted by molar-refractivity contribution is -0.169. The third-order valence-corrected chi connectivity index (χ3v) is 3.08. The molecule has 0 aliphatic carbocycles. The summed E-state index contributed by atoms with van der Waals surface area (Å²) in [6.45, 7) is 1.61. The number of hydrogen-bond acceptors (Lipinski definition) is 5. The third-order valence-electron chi connectivity index (χ3n) is 3.08. The highest BCUT2D eigenvalue weighted by Crippen LogP contribution is 2.21. The maximum Gasteiger partial charge on any atom is 0.408 e. The van der Waals surface area contributed by atoms with E-state index in [4.69, 9.17) is 4.74 Å². The van der Waals surface area contributed by atoms with E-state index in [1.54, 1.807) is 0 Å². The summed E-state index contributed by atoms with van der Waals surface area (Å²) in [5.41, 5.74) is -0.379. The summed E-state index contributed by atoms with van der Waals surface area (Å²) in [5, 5.41) is 2.45. The van der Waals surface area contributed by atoms with Crippen molar-refractivity contribution in [1.82, 2.24) is 5.32 Å². The summed E-state index contributed by atoms with van der Waals surface area (Å²) in [5.74, 6) is -1.34. The number of carbonyl (C=O) groups is 3. The van der Waals surface area contributed by atoms with Gasteiger partial charge >= 0.3 is 18.0 Å². The number of cyclic esters (lactones) is 2. The summed E-state index contributed by atoms with van der Waals surface area (Å²) in [6.07, 6.45) is -0.436. The second kappa shape index (κ2) is 5.73. The lowest BCUT2D eigenvalue weighted by atomic mass is 9.94. The summed E-state index contributed by atoms with van der Waals surface area (Å²) in [6, 6.07) is 9.18. The van der Waals surface area contributed by atoms with Gasteiger partial charge in [0.15, 0.2) is 0 Å². The molecule has 0 aromatic heterocycles. The Balaban J connectivity index is 1.88. The maximum absolute atomic E-state index is 11.7. The van der Waals surface area contributed by atoms with Gasteiger partial charge in [-0.3, -0.25) is 4.79 Å². The Morgan fingerprint density at radius 1 is 1.35 bits per heavy atom. The number of rotatable bonds is 3. The quantitative estimate of drug-likeness (QED) is 0.669. The lowest BCUT2D eigenvalue weighted by Crippen LogP contribution is -2.56. The zero-order chi connectivity index (χ0) is 14.6. The van der Waals surface area contributed by atoms with E-state index in [0.29, 0.717) is 0 Å². The molecule has 1 heterocycles. The molecule has 20 heavy (non-hydrogen) atoms. The van der Waals surface area contributed by atoms with E-state index in [-0.39, 0.29) is 19.4 Å². The van der Waals surface area contributed by atoms with Crippen LogP contribution in [0, 0.1) is 0 Å². The Kier molecular flexibility index (Phi) is 4.02. The Morgan fingerprint density at radius 3 is 2.70 bits per heavy atom. The van der Waals surface area contributed by atoms with Gasteiger partial charge in [-0.25, -0.2) is 9.59 Å². The molecule has 106 valence electrons. The van der Waals surface area contributed by atoms with Crippen molar-refractivity contribution in [3.63, 3.8) is 0 Å². The minimum Gasteiger partial charge on any atom is -0.445 e. The summed E-state index contributed by atoms with van der Waals surface area (Å²) in [4.78, 5) is 34.3. The van der Waals surface area contributed by atoms with Crippen molar-refractivity contribution in [2.75, 3.05) is 0 Å². The largest absolute Gasteiger partial charge is 0.445 e. The highest BCUT2D eigenvalue weighted by atomic mass is 16.6. The van der Waals surface area contributed by atoms with Gasteiger partial charge in [-0.15, -0.1) is 0 Å². The number of benzene rings is 1. The van der Waals surface area contributed by atoms with E-state index in [9.17, 15) is 14.4 Å². The summed E-state index contributed by atoms with van der Waals surface area (Å²) >= 11 is 0. The van der Waals surface area contributed by atoms with Gasteiger partial charge in [-0.1, -0.05) is 30.3 Å². The van der Waals surface area contributed by atoms with Crippen LogP contribution in [0.4, 0.5) is 4.79 Å². The van der Waals surface area contributed by atoms with Crippen LogP contribution < -0.4 is 5.32 Å². The molecule has 1 aromatic rings. The second-order valence-electron chi connectivity index (χ2n) is 4.78. The average Bonchev–Trinajstić information content (AvgIpc) is 2.43. The van der Waals surface area contributed by atoms with Crippen LogP contribution in [0.1, 0.15) is 25.3 Å². The number of hydrogen-bond donors (Lipinski definition) is 1. The van der Waals surface area contributed by atoms with Crippen molar-refractivity contribution in [3.8, 4) is 0 Å². The van der Waals surface area contributed by atoms with Crippen LogP contribution in [0.5, 0.6) is 0 Å². The predicted molar refractivity (Wildman–Crippen MR) is 68.5 cm³/mol. The zero-order valence-corrected chi connectivity index (χ0v) is 11.0. The van der Waals surface area contributed by atoms with Gasteiger partial charge in [-0.2, -0.15) is 0 Å². The molecule has 1 aliphatic rings. The van der Waals surface area contributed by atoms with Crippen molar-refractivity contribution in [2.24, 2.45) is 0 Å². The van der Waals surface area contributed by atoms with Crippen molar-refractivity contribution in [2.45, 2.75) is 31.9 Å². The minimum atomic E-state index is -1.22. The molecule has 6 heteroatoms. The average molecular weight is 277 g/mol. The first-order valence-electron chi connectivity index (χ1n) is 6.23. The van der Waals surface area contributed by atoms with E-state index < -0.39 is 23.6 Å². The molecule has 1 N–H and O–H groups in total. The zero-order valence-electron chi connectivity index (χ0n) is 11.0. The molecule has 1 aromatic carbocycles. The van der Waals surface area contributed by atoms with Gasteiger partial charge in [0, 0.05) is 6.42 Å². The monoisotopic (exact) mass is 277 g/mol. The van der Waals surface area contributed by atoms with Crippen LogP contribution in [0.15, 0.2) is 30.3 Å². The van der Waals surface area contributed by atoms with Crippen LogP contribution in [-0.2, 0) is 25.7 Å². The molecule has 1 amide bonds. The molecule has 1 saturated heterocycles. The fourth-order valence-corrected chi connectivity index (χ4v) is 1.82. The van der Waals surface area contributed by atoms with Crippen LogP contribution in [0.3, 0.4) is 0 Å². The fraction of sp³-hybridized carbons (Fsp3) is 0.357. The van der Waals surface area contributed by atoms with Crippen molar-refractivity contribution >= 4 is 18.0 Å². The maximum atomic E-state index is 11.7. The normalized spacial score (nSPS) is 22.1. The molecule has 2 rings (SSSR count). The summed E-state index contributed by atoms with van der Waals surface area (Å²) in [7, 11) is 0. The number of ether oxygens (including phenoxy) is 2. The van der Waals surface area contributed by atoms with Gasteiger partial charge in [0.25, 0.3) is 0 Å². The molecular formula is C14H15NO5. The third kappa shape index (κ3) is 3.34. The number of amides is 1. The number of nitrogens with one attached hydrogen (secondary N) is 1. The van der Waals surface area contributed by atoms with Crippen molar-refractivity contribution in [1.29, 1.82) is 0 Å². The molecule has 1 atom stereocenters. The van der Waals surface area contributed by atoms with E-state index in [1.165, 1.54) is 6.92 Å². The predicted octanol–water partition coefficient (Wildman–Crippen LogP) is 1.54. The van der Waals surface area contributed by atoms with E-state index in [2.05, 4.69) is 10.1 Å². The van der Waals surface area contributed by atoms with Crippen LogP contribution in [-0.4, -0.2) is 23.6 Å². The van der Waals surface area contributed by atoms with Gasteiger partial charge in [0.2, 0.25) is 0 Å². The lowest BCUT2D eigenvalue weighted by Gasteiger charge is -2.30. The van der Waals surface area contributed by atoms with Gasteiger partial charge < -0.3 is 14.8 Å². The Labute approximate surface area is 116 Å². The van der Waals surface area contributed by atoms with E-state index >= 15 is 0 Å². The standard InChI is InChI=1S/C14H15NO5/c1-14(8-7-11(16)20-12(14)17)15-13(18)19-9-10-5-3-2-4-6-10/h2-6H,7-9H2,1H3,(H,15,18)/t14-/m0/s1. The SMILES string of the molecule is C[C@]1(NC(=O)OCc2ccccc2)CCC(=O)OC1=O. The van der Waals surface area contributed by atoms with Crippen LogP contribution in [0.25, 0.3) is 0 Å². The summed E-state index contributed by atoms with van der Waals surface area (Å²) < 4.78 is 9.55. The minimum absolute atomic E-state index is 0.0845. The number of carbonyl (C=O) groups excluding carboxylic acids is 3. The molecule has 1 aliphatic heterocycles. The van der Waals surface area contributed by atoms with Gasteiger partial charge in [-0.05, 0) is 18.9 Å². The number of alkyl carbamates (subject to hydrolysis) is 1. The first-order chi connectivity index (χ1) is 9.49. The first kappa shape index (κ1) is 14.0. The molecule has 0 bridgehead atoms. The highest BCUT2D eigenvalue weighted by Gasteiger charge is 2.42.